The van der Waals surface area contributed by atoms with Gasteiger partial charge in [0.05, 0.1) is 34.8 Å². The third-order valence-corrected chi connectivity index (χ3v) is 8.56. The minimum atomic E-state index is -5.06. The molecule has 0 N–H and O–H groups in total. The maximum Gasteiger partial charge on any atom is 0.434 e. The zero-order chi connectivity index (χ0) is 34.0. The van der Waals surface area contributed by atoms with Crippen molar-refractivity contribution in [1.29, 1.82) is 0 Å². The van der Waals surface area contributed by atoms with Crippen LogP contribution in [-0.4, -0.2) is 35.4 Å². The smallest absolute Gasteiger partial charge is 0.434 e. The summed E-state index contributed by atoms with van der Waals surface area (Å²) in [6, 6.07) is 13.1. The molecule has 0 radical (unpaired) electrons. The van der Waals surface area contributed by atoms with E-state index in [-0.39, 0.29) is 45.3 Å². The number of aromatic nitrogens is 1. The second-order valence-electron chi connectivity index (χ2n) is 9.85. The Morgan fingerprint density at radius 2 is 1.85 bits per heavy atom. The molecule has 0 aliphatic carbocycles. The van der Waals surface area contributed by atoms with Gasteiger partial charge in [0, 0.05) is 27.2 Å². The summed E-state index contributed by atoms with van der Waals surface area (Å²) in [6.45, 7) is 1.21. The van der Waals surface area contributed by atoms with Gasteiger partial charge in [-0.2, -0.15) is 13.2 Å². The Balaban J connectivity index is 1.69. The van der Waals surface area contributed by atoms with Crippen molar-refractivity contribution in [3.05, 3.63) is 128 Å². The maximum absolute atomic E-state index is 14.4. The van der Waals surface area contributed by atoms with Crippen LogP contribution in [-0.2, 0) is 16.1 Å². The number of hydrogen-bond acceptors (Lipinski definition) is 9. The molecule has 0 unspecified atom stereocenters. The molecule has 0 fully saturated rings. The number of carbonyl (C=O) groups excluding carboxylic acids is 1. The van der Waals surface area contributed by atoms with Gasteiger partial charge in [0.2, 0.25) is 0 Å². The molecular weight excluding hydrogens is 731 g/mol. The molecule has 1 aliphatic rings. The number of nitro benzene ring substituents is 1. The van der Waals surface area contributed by atoms with Crippen LogP contribution < -0.4 is 24.4 Å². The van der Waals surface area contributed by atoms with Gasteiger partial charge in [-0.25, -0.2) is 9.79 Å². The van der Waals surface area contributed by atoms with Crippen LogP contribution in [0.3, 0.4) is 0 Å². The van der Waals surface area contributed by atoms with Crippen molar-refractivity contribution >= 4 is 56.6 Å². The summed E-state index contributed by atoms with van der Waals surface area (Å²) in [5.74, 6) is -0.808. The first-order valence-electron chi connectivity index (χ1n) is 13.6. The fourth-order valence-electron chi connectivity index (χ4n) is 4.81. The molecule has 2 heterocycles. The van der Waals surface area contributed by atoms with Gasteiger partial charge in [0.25, 0.3) is 11.2 Å². The van der Waals surface area contributed by atoms with Gasteiger partial charge >= 0.3 is 12.1 Å². The standard InChI is InChI=1S/C31H22BrClF3N3O7S/c1-3-45-29(41)24-25(17-6-8-20(33)9-7-17)38-28(40)23(47-30(38)37-27(24)31(34,35)36)13-18-12-19(32)14-22(44-2)26(18)46-15-16-4-10-21(11-5-16)39(42)43/h4-14,25H,3,15H2,1-2H3/b23-13-/t25-/m0/s1. The summed E-state index contributed by atoms with van der Waals surface area (Å²) in [4.78, 5) is 41.1. The van der Waals surface area contributed by atoms with Crippen LogP contribution in [0.2, 0.25) is 5.02 Å². The van der Waals surface area contributed by atoms with E-state index >= 15 is 0 Å². The van der Waals surface area contributed by atoms with E-state index in [4.69, 9.17) is 25.8 Å². The number of ether oxygens (including phenoxy) is 3. The zero-order valence-electron chi connectivity index (χ0n) is 24.3. The molecule has 3 aromatic carbocycles. The fourth-order valence-corrected chi connectivity index (χ4v) is 6.39. The largest absolute Gasteiger partial charge is 0.493 e. The molecule has 5 rings (SSSR count). The van der Waals surface area contributed by atoms with Crippen molar-refractivity contribution < 1.29 is 37.1 Å². The van der Waals surface area contributed by atoms with Gasteiger partial charge in [0.1, 0.15) is 6.61 Å². The predicted molar refractivity (Wildman–Crippen MR) is 170 cm³/mol. The Bertz CT molecular complexity index is 2080. The maximum atomic E-state index is 14.4. The number of benzene rings is 3. The second kappa shape index (κ2) is 13.7. The Hall–Kier alpha value is -4.47. The van der Waals surface area contributed by atoms with E-state index in [2.05, 4.69) is 20.9 Å². The highest BCUT2D eigenvalue weighted by Crippen LogP contribution is 2.39. The lowest BCUT2D eigenvalue weighted by Gasteiger charge is -2.26. The number of rotatable bonds is 9. The highest BCUT2D eigenvalue weighted by Gasteiger charge is 2.45. The molecule has 0 saturated heterocycles. The Morgan fingerprint density at radius 3 is 2.45 bits per heavy atom. The number of halogens is 5. The highest BCUT2D eigenvalue weighted by molar-refractivity contribution is 9.10. The third kappa shape index (κ3) is 7.11. The molecule has 0 amide bonds. The van der Waals surface area contributed by atoms with Crippen molar-refractivity contribution in [3.8, 4) is 11.5 Å². The number of methoxy groups -OCH3 is 1. The Kier molecular flexibility index (Phi) is 9.89. The van der Waals surface area contributed by atoms with E-state index in [1.807, 2.05) is 0 Å². The van der Waals surface area contributed by atoms with Gasteiger partial charge in [-0.1, -0.05) is 51.0 Å². The zero-order valence-corrected chi connectivity index (χ0v) is 27.5. The lowest BCUT2D eigenvalue weighted by atomic mass is 9.95. The number of hydrogen-bond donors (Lipinski definition) is 0. The number of non-ortho nitro benzene ring substituents is 1. The van der Waals surface area contributed by atoms with Crippen molar-refractivity contribution in [2.45, 2.75) is 25.7 Å². The lowest BCUT2D eigenvalue weighted by molar-refractivity contribution is -0.384. The number of nitro groups is 1. The quantitative estimate of drug-likeness (QED) is 0.113. The van der Waals surface area contributed by atoms with Gasteiger partial charge < -0.3 is 14.2 Å². The van der Waals surface area contributed by atoms with Crippen molar-refractivity contribution in [1.82, 2.24) is 4.57 Å². The molecule has 0 saturated carbocycles. The third-order valence-electron chi connectivity index (χ3n) is 6.87. The lowest BCUT2D eigenvalue weighted by Crippen LogP contribution is -2.41. The van der Waals surface area contributed by atoms with Gasteiger partial charge in [0.15, 0.2) is 22.0 Å². The Labute approximate surface area is 281 Å². The first-order valence-corrected chi connectivity index (χ1v) is 15.6. The summed E-state index contributed by atoms with van der Waals surface area (Å²) in [5.41, 5.74) is -2.03. The minimum absolute atomic E-state index is 0.0188. The topological polar surface area (TPSA) is 122 Å². The van der Waals surface area contributed by atoms with Crippen LogP contribution in [0.15, 0.2) is 86.2 Å². The van der Waals surface area contributed by atoms with E-state index in [1.165, 1.54) is 68.6 Å². The molecule has 244 valence electrons. The molecule has 0 spiro atoms. The summed E-state index contributed by atoms with van der Waals surface area (Å²) in [7, 11) is 1.40. The average molecular weight is 753 g/mol. The summed E-state index contributed by atoms with van der Waals surface area (Å²) in [5, 5.41) is 11.3. The van der Waals surface area contributed by atoms with Crippen molar-refractivity contribution in [3.63, 3.8) is 0 Å². The monoisotopic (exact) mass is 751 g/mol. The average Bonchev–Trinajstić information content (AvgIpc) is 3.34. The number of alkyl halides is 3. The minimum Gasteiger partial charge on any atom is -0.493 e. The number of allylic oxidation sites excluding steroid dienone is 1. The molecule has 16 heteroatoms. The van der Waals surface area contributed by atoms with E-state index in [9.17, 15) is 32.9 Å². The van der Waals surface area contributed by atoms with Crippen LogP contribution >= 0.6 is 38.9 Å². The Morgan fingerprint density at radius 1 is 1.17 bits per heavy atom. The number of thiazole rings is 1. The molecule has 10 nitrogen and oxygen atoms in total. The first-order chi connectivity index (χ1) is 22.3. The SMILES string of the molecule is CCOC(=O)C1=C(C(F)(F)F)N=c2s/c(=C\c3cc(Br)cc(OC)c3OCc3ccc([N+](=O)[O-])cc3)c(=O)n2[C@H]1c1ccc(Cl)cc1. The van der Waals surface area contributed by atoms with E-state index in [0.717, 1.165) is 4.57 Å². The number of fused-ring (bicyclic) bond motifs is 1. The second-order valence-corrected chi connectivity index (χ2v) is 12.2. The molecule has 47 heavy (non-hydrogen) atoms. The van der Waals surface area contributed by atoms with Crippen LogP contribution in [0.25, 0.3) is 6.08 Å². The van der Waals surface area contributed by atoms with E-state index in [0.29, 0.717) is 32.0 Å². The van der Waals surface area contributed by atoms with Gasteiger partial charge in [-0.05, 0) is 60.5 Å². The molecule has 4 aromatic rings. The first kappa shape index (κ1) is 33.9. The van der Waals surface area contributed by atoms with Gasteiger partial charge in [-0.15, -0.1) is 0 Å². The summed E-state index contributed by atoms with van der Waals surface area (Å²) < 4.78 is 61.4. The molecule has 1 atom stereocenters. The van der Waals surface area contributed by atoms with Crippen molar-refractivity contribution in [2.75, 3.05) is 13.7 Å². The van der Waals surface area contributed by atoms with Crippen LogP contribution in [0, 0.1) is 10.1 Å². The van der Waals surface area contributed by atoms with Gasteiger partial charge in [-0.3, -0.25) is 19.5 Å². The highest BCUT2D eigenvalue weighted by atomic mass is 79.9. The van der Waals surface area contributed by atoms with Crippen LogP contribution in [0.1, 0.15) is 29.7 Å². The van der Waals surface area contributed by atoms with Crippen LogP contribution in [0.5, 0.6) is 11.5 Å². The van der Waals surface area contributed by atoms with E-state index in [1.54, 1.807) is 12.1 Å². The number of carbonyl (C=O) groups is 1. The van der Waals surface area contributed by atoms with E-state index < -0.39 is 39.9 Å². The molecule has 0 bridgehead atoms. The molecule has 1 aromatic heterocycles. The summed E-state index contributed by atoms with van der Waals surface area (Å²) in [6.07, 6.45) is -3.64. The normalized spacial score (nSPS) is 14.8. The van der Waals surface area contributed by atoms with Crippen LogP contribution in [0.4, 0.5) is 18.9 Å². The predicted octanol–water partition coefficient (Wildman–Crippen LogP) is 6.25. The number of esters is 1. The fraction of sp³-hybridized carbons (Fsp3) is 0.194. The molecule has 1 aliphatic heterocycles. The molecular formula is C31H22BrClF3N3O7S. The summed E-state index contributed by atoms with van der Waals surface area (Å²) >= 11 is 10.1. The van der Waals surface area contributed by atoms with Crippen molar-refractivity contribution in [2.24, 2.45) is 4.99 Å². The number of nitrogens with zero attached hydrogens (tertiary/aromatic N) is 3.